The van der Waals surface area contributed by atoms with Gasteiger partial charge in [-0.25, -0.2) is 0 Å². The van der Waals surface area contributed by atoms with Crippen molar-refractivity contribution in [3.05, 3.63) is 76.0 Å². The molecule has 2 aromatic rings. The topological polar surface area (TPSA) is 43.4 Å². The number of rotatable bonds is 2. The van der Waals surface area contributed by atoms with Gasteiger partial charge in [0.2, 0.25) is 11.6 Å². The van der Waals surface area contributed by atoms with Gasteiger partial charge in [0.1, 0.15) is 10.8 Å². The van der Waals surface area contributed by atoms with Crippen molar-refractivity contribution >= 4 is 23.2 Å². The highest BCUT2D eigenvalue weighted by Gasteiger charge is 2.32. The van der Waals surface area contributed by atoms with Crippen LogP contribution >= 0.6 is 11.6 Å². The van der Waals surface area contributed by atoms with Gasteiger partial charge in [-0.15, -0.1) is 0 Å². The number of ether oxygens (including phenoxy) is 1. The summed E-state index contributed by atoms with van der Waals surface area (Å²) in [4.78, 5) is 24.6. The maximum absolute atomic E-state index is 12.4. The molecule has 21 heavy (non-hydrogen) atoms. The Hall–Kier alpha value is -2.39. The zero-order valence-electron chi connectivity index (χ0n) is 11.2. The molecule has 0 bridgehead atoms. The van der Waals surface area contributed by atoms with Gasteiger partial charge in [0.25, 0.3) is 0 Å². The monoisotopic (exact) mass is 298 g/mol. The van der Waals surface area contributed by atoms with E-state index in [9.17, 15) is 9.59 Å². The Labute approximate surface area is 126 Å². The minimum Gasteiger partial charge on any atom is -0.451 e. The fourth-order valence-corrected chi connectivity index (χ4v) is 2.36. The minimum absolute atomic E-state index is 0.121. The molecule has 104 valence electrons. The summed E-state index contributed by atoms with van der Waals surface area (Å²) in [7, 11) is 0. The van der Waals surface area contributed by atoms with Crippen LogP contribution in [0.4, 0.5) is 0 Å². The quantitative estimate of drug-likeness (QED) is 0.844. The third kappa shape index (κ3) is 2.36. The molecule has 0 unspecified atom stereocenters. The number of benzene rings is 2. The lowest BCUT2D eigenvalue weighted by molar-refractivity contribution is 0.0943. The molecule has 0 spiro atoms. The second kappa shape index (κ2) is 5.19. The first kappa shape index (κ1) is 13.6. The van der Waals surface area contributed by atoms with Crippen molar-refractivity contribution in [2.24, 2.45) is 0 Å². The van der Waals surface area contributed by atoms with E-state index in [1.807, 2.05) is 19.1 Å². The largest absolute Gasteiger partial charge is 0.451 e. The first-order chi connectivity index (χ1) is 10.1. The van der Waals surface area contributed by atoms with Gasteiger partial charge < -0.3 is 4.74 Å². The van der Waals surface area contributed by atoms with Crippen LogP contribution in [0, 0.1) is 6.92 Å². The van der Waals surface area contributed by atoms with Gasteiger partial charge in [0.05, 0.1) is 0 Å². The van der Waals surface area contributed by atoms with E-state index in [-0.39, 0.29) is 16.6 Å². The summed E-state index contributed by atoms with van der Waals surface area (Å²) in [5.74, 6) is -0.428. The van der Waals surface area contributed by atoms with Crippen LogP contribution in [-0.4, -0.2) is 11.6 Å². The second-order valence-electron chi connectivity index (χ2n) is 4.76. The van der Waals surface area contributed by atoms with Crippen LogP contribution < -0.4 is 4.74 Å². The summed E-state index contributed by atoms with van der Waals surface area (Å²) in [6.07, 6.45) is 0. The van der Waals surface area contributed by atoms with Crippen LogP contribution in [0.25, 0.3) is 0 Å². The number of fused-ring (bicyclic) bond motifs is 1. The highest BCUT2D eigenvalue weighted by molar-refractivity contribution is 6.49. The van der Waals surface area contributed by atoms with E-state index in [4.69, 9.17) is 16.3 Å². The summed E-state index contributed by atoms with van der Waals surface area (Å²) in [5, 5.41) is -0.181. The Kier molecular flexibility index (Phi) is 3.35. The number of carbonyl (C=O) groups excluding carboxylic acids is 2. The molecule has 1 aliphatic carbocycles. The molecular weight excluding hydrogens is 288 g/mol. The molecule has 0 aromatic heterocycles. The Morgan fingerprint density at radius 1 is 0.857 bits per heavy atom. The molecule has 1 aliphatic rings. The van der Waals surface area contributed by atoms with Crippen molar-refractivity contribution in [2.75, 3.05) is 0 Å². The molecule has 0 radical (unpaired) electrons. The van der Waals surface area contributed by atoms with Crippen LogP contribution in [0.1, 0.15) is 26.3 Å². The predicted octanol–water partition coefficient (Wildman–Crippen LogP) is 3.90. The summed E-state index contributed by atoms with van der Waals surface area (Å²) in [5.41, 5.74) is 1.69. The van der Waals surface area contributed by atoms with Crippen LogP contribution in [0.2, 0.25) is 0 Å². The summed E-state index contributed by atoms with van der Waals surface area (Å²) >= 11 is 6.02. The first-order valence-corrected chi connectivity index (χ1v) is 6.78. The van der Waals surface area contributed by atoms with Crippen LogP contribution in [0.15, 0.2) is 59.3 Å². The molecule has 4 heteroatoms. The smallest absolute Gasteiger partial charge is 0.230 e. The van der Waals surface area contributed by atoms with Crippen LogP contribution in [-0.2, 0) is 0 Å². The van der Waals surface area contributed by atoms with E-state index in [1.54, 1.807) is 36.4 Å². The Morgan fingerprint density at radius 2 is 1.43 bits per heavy atom. The van der Waals surface area contributed by atoms with E-state index in [2.05, 4.69) is 0 Å². The zero-order chi connectivity index (χ0) is 15.0. The standard InChI is InChI=1S/C17H11ClO3/c1-10-6-8-11(9-7-10)21-17-14(18)15(19)12-4-2-3-5-13(12)16(17)20/h2-9H,1H3. The van der Waals surface area contributed by atoms with Gasteiger partial charge in [-0.1, -0.05) is 53.6 Å². The van der Waals surface area contributed by atoms with Crippen molar-refractivity contribution in [1.29, 1.82) is 0 Å². The number of aryl methyl sites for hydroxylation is 1. The summed E-state index contributed by atoms with van der Waals surface area (Å²) in [6, 6.07) is 13.7. The maximum atomic E-state index is 12.4. The minimum atomic E-state index is -0.394. The third-order valence-corrected chi connectivity index (χ3v) is 3.61. The average molecular weight is 299 g/mol. The fourth-order valence-electron chi connectivity index (χ4n) is 2.14. The Balaban J connectivity index is 2.02. The molecule has 0 fully saturated rings. The molecule has 0 N–H and O–H groups in total. The summed E-state index contributed by atoms with van der Waals surface area (Å²) < 4.78 is 5.54. The lowest BCUT2D eigenvalue weighted by atomic mass is 9.93. The molecule has 0 saturated heterocycles. The van der Waals surface area contributed by atoms with E-state index < -0.39 is 5.78 Å². The molecule has 0 amide bonds. The lowest BCUT2D eigenvalue weighted by Crippen LogP contribution is -2.23. The fraction of sp³-hybridized carbons (Fsp3) is 0.0588. The molecule has 0 aliphatic heterocycles. The number of ketones is 2. The third-order valence-electron chi connectivity index (χ3n) is 3.26. The molecule has 0 saturated carbocycles. The number of carbonyl (C=O) groups is 2. The molecule has 2 aromatic carbocycles. The van der Waals surface area contributed by atoms with E-state index >= 15 is 0 Å². The Bertz CT molecular complexity index is 773. The van der Waals surface area contributed by atoms with Gasteiger partial charge in [0, 0.05) is 11.1 Å². The van der Waals surface area contributed by atoms with Crippen molar-refractivity contribution in [2.45, 2.75) is 6.92 Å². The van der Waals surface area contributed by atoms with Gasteiger partial charge >= 0.3 is 0 Å². The van der Waals surface area contributed by atoms with Crippen molar-refractivity contribution in [1.82, 2.24) is 0 Å². The molecule has 0 heterocycles. The molecular formula is C17H11ClO3. The highest BCUT2D eigenvalue weighted by Crippen LogP contribution is 2.30. The van der Waals surface area contributed by atoms with Gasteiger partial charge in [0.15, 0.2) is 5.76 Å². The van der Waals surface area contributed by atoms with E-state index in [0.29, 0.717) is 16.9 Å². The number of allylic oxidation sites excluding steroid dienone is 2. The lowest BCUT2D eigenvalue weighted by Gasteiger charge is -2.17. The normalized spacial score (nSPS) is 14.2. The number of Topliss-reactive ketones (excluding diaryl/α,β-unsaturated/α-hetero) is 2. The van der Waals surface area contributed by atoms with Gasteiger partial charge in [-0.05, 0) is 19.1 Å². The average Bonchev–Trinajstić information content (AvgIpc) is 2.51. The van der Waals surface area contributed by atoms with Gasteiger partial charge in [-0.2, -0.15) is 0 Å². The summed E-state index contributed by atoms with van der Waals surface area (Å²) in [6.45, 7) is 1.95. The predicted molar refractivity (Wildman–Crippen MR) is 79.8 cm³/mol. The first-order valence-electron chi connectivity index (χ1n) is 6.40. The zero-order valence-corrected chi connectivity index (χ0v) is 12.0. The van der Waals surface area contributed by atoms with Gasteiger partial charge in [-0.3, -0.25) is 9.59 Å². The Morgan fingerprint density at radius 3 is 2.05 bits per heavy atom. The maximum Gasteiger partial charge on any atom is 0.230 e. The van der Waals surface area contributed by atoms with E-state index in [1.165, 1.54) is 0 Å². The molecule has 3 rings (SSSR count). The highest BCUT2D eigenvalue weighted by atomic mass is 35.5. The second-order valence-corrected chi connectivity index (χ2v) is 5.14. The molecule has 0 atom stereocenters. The number of hydrogen-bond acceptors (Lipinski definition) is 3. The SMILES string of the molecule is Cc1ccc(OC2=C(Cl)C(=O)c3ccccc3C2=O)cc1. The van der Waals surface area contributed by atoms with Crippen molar-refractivity contribution in [3.8, 4) is 5.75 Å². The van der Waals surface area contributed by atoms with Crippen molar-refractivity contribution < 1.29 is 14.3 Å². The number of halogens is 1. The van der Waals surface area contributed by atoms with Crippen LogP contribution in [0.5, 0.6) is 5.75 Å². The van der Waals surface area contributed by atoms with Crippen molar-refractivity contribution in [3.63, 3.8) is 0 Å². The number of hydrogen-bond donors (Lipinski definition) is 0. The molecule has 3 nitrogen and oxygen atoms in total. The van der Waals surface area contributed by atoms with E-state index in [0.717, 1.165) is 5.56 Å². The van der Waals surface area contributed by atoms with Crippen LogP contribution in [0.3, 0.4) is 0 Å².